The first kappa shape index (κ1) is 20.0. The van der Waals surface area contributed by atoms with Crippen molar-refractivity contribution in [2.45, 2.75) is 32.5 Å². The number of amides is 2. The third-order valence-electron chi connectivity index (χ3n) is 5.29. The quantitative estimate of drug-likeness (QED) is 0.616. The standard InChI is InChI=1S/C22H23FN4O3/c1-12-3-5-15(22(30)27-10-16(23)20(28)11-27)9-18(12)26-21(29)8-14-4-6-17-19(7-14)25-13(2)24-17/h3-7,9,16,20,28H,8,10-11H2,1-2H3,(H,24,25)(H,26,29)/t16-,20-/m1/s1. The fraction of sp³-hybridized carbons (Fsp3) is 0.318. The van der Waals surface area contributed by atoms with Gasteiger partial charge >= 0.3 is 0 Å². The number of likely N-dealkylation sites (tertiary alicyclic amines) is 1. The van der Waals surface area contributed by atoms with Crippen LogP contribution in [0.3, 0.4) is 0 Å². The van der Waals surface area contributed by atoms with Gasteiger partial charge in [0.05, 0.1) is 24.0 Å². The Hall–Kier alpha value is -3.26. The van der Waals surface area contributed by atoms with Crippen molar-refractivity contribution in [3.63, 3.8) is 0 Å². The van der Waals surface area contributed by atoms with Crippen molar-refractivity contribution in [2.75, 3.05) is 18.4 Å². The van der Waals surface area contributed by atoms with E-state index in [4.69, 9.17) is 0 Å². The predicted octanol–water partition coefficient (Wildman–Crippen LogP) is 2.52. The van der Waals surface area contributed by atoms with Crippen molar-refractivity contribution < 1.29 is 19.1 Å². The number of carbonyl (C=O) groups excluding carboxylic acids is 2. The highest BCUT2D eigenvalue weighted by Gasteiger charge is 2.34. The van der Waals surface area contributed by atoms with Gasteiger partial charge in [0.25, 0.3) is 5.91 Å². The molecule has 0 unspecified atom stereocenters. The third kappa shape index (κ3) is 4.04. The van der Waals surface area contributed by atoms with Crippen LogP contribution in [0.15, 0.2) is 36.4 Å². The summed E-state index contributed by atoms with van der Waals surface area (Å²) in [7, 11) is 0. The zero-order chi connectivity index (χ0) is 21.4. The zero-order valence-corrected chi connectivity index (χ0v) is 16.8. The molecule has 1 aromatic heterocycles. The van der Waals surface area contributed by atoms with Crippen molar-refractivity contribution >= 4 is 28.5 Å². The molecule has 0 radical (unpaired) electrons. The molecule has 4 rings (SSSR count). The van der Waals surface area contributed by atoms with Gasteiger partial charge in [-0.1, -0.05) is 12.1 Å². The number of anilines is 1. The van der Waals surface area contributed by atoms with Gasteiger partial charge in [0.2, 0.25) is 5.91 Å². The number of fused-ring (bicyclic) bond motifs is 1. The molecule has 0 bridgehead atoms. The minimum atomic E-state index is -1.44. The molecule has 1 aliphatic rings. The largest absolute Gasteiger partial charge is 0.388 e. The van der Waals surface area contributed by atoms with Crippen LogP contribution in [0.4, 0.5) is 10.1 Å². The average Bonchev–Trinajstić information content (AvgIpc) is 3.23. The van der Waals surface area contributed by atoms with Crippen LogP contribution in [-0.4, -0.2) is 57.2 Å². The van der Waals surface area contributed by atoms with Gasteiger partial charge in [-0.05, 0) is 49.2 Å². The number of rotatable bonds is 4. The number of nitrogens with one attached hydrogen (secondary N) is 2. The molecule has 3 N–H and O–H groups in total. The SMILES string of the molecule is Cc1nc2ccc(CC(=O)Nc3cc(C(=O)N4C[C@@H](O)[C@H](F)C4)ccc3C)cc2[nH]1. The summed E-state index contributed by atoms with van der Waals surface area (Å²) < 4.78 is 13.6. The number of nitrogens with zero attached hydrogens (tertiary/aromatic N) is 2. The second kappa shape index (κ2) is 7.87. The van der Waals surface area contributed by atoms with Gasteiger partial charge < -0.3 is 20.3 Å². The van der Waals surface area contributed by atoms with Gasteiger partial charge in [0.1, 0.15) is 18.1 Å². The van der Waals surface area contributed by atoms with Gasteiger partial charge in [-0.2, -0.15) is 0 Å². The average molecular weight is 410 g/mol. The van der Waals surface area contributed by atoms with Crippen molar-refractivity contribution in [3.8, 4) is 0 Å². The van der Waals surface area contributed by atoms with E-state index in [1.165, 1.54) is 4.90 Å². The molecule has 0 aliphatic carbocycles. The summed E-state index contributed by atoms with van der Waals surface area (Å²) in [4.78, 5) is 34.0. The lowest BCUT2D eigenvalue weighted by atomic mass is 10.1. The number of halogens is 1. The Bertz CT molecular complexity index is 1120. The van der Waals surface area contributed by atoms with Crippen LogP contribution in [0.5, 0.6) is 0 Å². The Morgan fingerprint density at radius 3 is 2.77 bits per heavy atom. The Kier molecular flexibility index (Phi) is 5.26. The Morgan fingerprint density at radius 2 is 2.03 bits per heavy atom. The molecule has 30 heavy (non-hydrogen) atoms. The molecule has 0 spiro atoms. The highest BCUT2D eigenvalue weighted by atomic mass is 19.1. The second-order valence-corrected chi connectivity index (χ2v) is 7.72. The van der Waals surface area contributed by atoms with Crippen molar-refractivity contribution in [3.05, 3.63) is 58.9 Å². The predicted molar refractivity (Wildman–Crippen MR) is 111 cm³/mol. The molecule has 8 heteroatoms. The van der Waals surface area contributed by atoms with Crippen LogP contribution >= 0.6 is 0 Å². The molecule has 7 nitrogen and oxygen atoms in total. The number of hydrogen-bond acceptors (Lipinski definition) is 4. The number of carbonyl (C=O) groups is 2. The molecule has 2 atom stereocenters. The lowest BCUT2D eigenvalue weighted by Crippen LogP contribution is -2.29. The Labute approximate surface area is 172 Å². The number of aromatic nitrogens is 2. The van der Waals surface area contributed by atoms with Crippen LogP contribution < -0.4 is 5.32 Å². The number of H-pyrrole nitrogens is 1. The summed E-state index contributed by atoms with van der Waals surface area (Å²) in [6, 6.07) is 10.6. The number of β-amino-alcohol motifs (C(OH)–C–C–N with tert-alkyl or cyclic N) is 1. The molecule has 156 valence electrons. The molecule has 1 saturated heterocycles. The van der Waals surface area contributed by atoms with Crippen LogP contribution in [0.25, 0.3) is 11.0 Å². The number of hydrogen-bond donors (Lipinski definition) is 3. The number of aryl methyl sites for hydroxylation is 2. The molecule has 2 aromatic carbocycles. The normalized spacial score (nSPS) is 18.7. The third-order valence-corrected chi connectivity index (χ3v) is 5.29. The maximum atomic E-state index is 13.6. The van der Waals surface area contributed by atoms with Gasteiger partial charge in [-0.15, -0.1) is 0 Å². The van der Waals surface area contributed by atoms with Crippen molar-refractivity contribution in [1.29, 1.82) is 0 Å². The van der Waals surface area contributed by atoms with Gasteiger partial charge in [-0.3, -0.25) is 9.59 Å². The van der Waals surface area contributed by atoms with E-state index in [-0.39, 0.29) is 31.3 Å². The van der Waals surface area contributed by atoms with E-state index in [1.807, 2.05) is 32.0 Å². The van der Waals surface area contributed by atoms with Gasteiger partial charge in [0.15, 0.2) is 0 Å². The first-order chi connectivity index (χ1) is 14.3. The highest BCUT2D eigenvalue weighted by molar-refractivity contribution is 5.98. The van der Waals surface area contributed by atoms with E-state index in [1.54, 1.807) is 18.2 Å². The van der Waals surface area contributed by atoms with Crippen molar-refractivity contribution in [2.24, 2.45) is 0 Å². The molecule has 1 fully saturated rings. The summed E-state index contributed by atoms with van der Waals surface area (Å²) >= 11 is 0. The molecule has 3 aromatic rings. The zero-order valence-electron chi connectivity index (χ0n) is 16.8. The van der Waals surface area contributed by atoms with E-state index in [0.29, 0.717) is 11.3 Å². The minimum absolute atomic E-state index is 0.0366. The molecule has 2 amide bonds. The summed E-state index contributed by atoms with van der Waals surface area (Å²) in [6.07, 6.45) is -2.42. The van der Waals surface area contributed by atoms with Gasteiger partial charge in [-0.25, -0.2) is 9.37 Å². The van der Waals surface area contributed by atoms with Crippen LogP contribution in [0, 0.1) is 13.8 Å². The highest BCUT2D eigenvalue weighted by Crippen LogP contribution is 2.22. The fourth-order valence-corrected chi connectivity index (χ4v) is 3.66. The van der Waals surface area contributed by atoms with Crippen LogP contribution in [0.2, 0.25) is 0 Å². The Balaban J connectivity index is 1.47. The van der Waals surface area contributed by atoms with E-state index in [2.05, 4.69) is 15.3 Å². The number of aromatic amines is 1. The summed E-state index contributed by atoms with van der Waals surface area (Å²) in [5.74, 6) is 0.233. The summed E-state index contributed by atoms with van der Waals surface area (Å²) in [5.41, 5.74) is 4.24. The topological polar surface area (TPSA) is 98.3 Å². The molecular weight excluding hydrogens is 387 g/mol. The lowest BCUT2D eigenvalue weighted by molar-refractivity contribution is -0.115. The lowest BCUT2D eigenvalue weighted by Gasteiger charge is -2.17. The maximum Gasteiger partial charge on any atom is 0.254 e. The van der Waals surface area contributed by atoms with Crippen LogP contribution in [0.1, 0.15) is 27.3 Å². The summed E-state index contributed by atoms with van der Waals surface area (Å²) in [5, 5.41) is 12.4. The van der Waals surface area contributed by atoms with E-state index in [0.717, 1.165) is 28.0 Å². The number of alkyl halides is 1. The minimum Gasteiger partial charge on any atom is -0.388 e. The maximum absolute atomic E-state index is 13.6. The first-order valence-electron chi connectivity index (χ1n) is 9.77. The van der Waals surface area contributed by atoms with Crippen LogP contribution in [-0.2, 0) is 11.2 Å². The molecule has 2 heterocycles. The van der Waals surface area contributed by atoms with E-state index < -0.39 is 12.3 Å². The smallest absolute Gasteiger partial charge is 0.254 e. The number of imidazole rings is 1. The molecule has 0 saturated carbocycles. The second-order valence-electron chi connectivity index (χ2n) is 7.72. The van der Waals surface area contributed by atoms with Gasteiger partial charge in [0, 0.05) is 17.8 Å². The Morgan fingerprint density at radius 1 is 1.23 bits per heavy atom. The number of benzene rings is 2. The molecule has 1 aliphatic heterocycles. The first-order valence-corrected chi connectivity index (χ1v) is 9.77. The number of aliphatic hydroxyl groups is 1. The van der Waals surface area contributed by atoms with E-state index >= 15 is 0 Å². The number of aliphatic hydroxyl groups excluding tert-OH is 1. The van der Waals surface area contributed by atoms with Crippen molar-refractivity contribution in [1.82, 2.24) is 14.9 Å². The fourth-order valence-electron chi connectivity index (χ4n) is 3.66. The summed E-state index contributed by atoms with van der Waals surface area (Å²) in [6.45, 7) is 3.54. The van der Waals surface area contributed by atoms with E-state index in [9.17, 15) is 19.1 Å². The molecular formula is C22H23FN4O3. The monoisotopic (exact) mass is 410 g/mol.